The molecule has 0 fully saturated rings. The third kappa shape index (κ3) is 3.44. The molecule has 0 aliphatic carbocycles. The lowest BCUT2D eigenvalue weighted by molar-refractivity contribution is -0.117. The van der Waals surface area contributed by atoms with E-state index in [-0.39, 0.29) is 17.7 Å². The predicted molar refractivity (Wildman–Crippen MR) is 118 cm³/mol. The minimum absolute atomic E-state index is 0.181. The van der Waals surface area contributed by atoms with Crippen molar-refractivity contribution in [2.24, 2.45) is 0 Å². The Hall–Kier alpha value is -3.33. The van der Waals surface area contributed by atoms with Crippen molar-refractivity contribution in [3.05, 3.63) is 106 Å². The summed E-state index contributed by atoms with van der Waals surface area (Å²) >= 11 is 0. The van der Waals surface area contributed by atoms with Crippen LogP contribution in [0, 0.1) is 13.8 Å². The highest BCUT2D eigenvalue weighted by Gasteiger charge is 2.41. The lowest BCUT2D eigenvalue weighted by atomic mass is 9.92. The average molecular weight is 383 g/mol. The molecule has 0 aromatic heterocycles. The van der Waals surface area contributed by atoms with E-state index in [0.717, 1.165) is 34.4 Å². The summed E-state index contributed by atoms with van der Waals surface area (Å²) in [5, 5.41) is 10.9. The van der Waals surface area contributed by atoms with Gasteiger partial charge in [0.15, 0.2) is 5.76 Å². The molecular weight excluding hydrogens is 358 g/mol. The monoisotopic (exact) mass is 383 g/mol. The van der Waals surface area contributed by atoms with E-state index in [1.165, 1.54) is 5.56 Å². The first-order chi connectivity index (χ1) is 14.0. The number of nitrogens with zero attached hydrogens (tertiary/aromatic N) is 1. The smallest absolute Gasteiger partial charge is 0.294 e. The molecule has 1 unspecified atom stereocenters. The standard InChI is InChI=1S/C26H25NO2/c1-4-19-9-13-21(14-10-19)24-23(20-11-5-17(2)6-12-20)25(28)26(29)27(24)22-15-7-18(3)8-16-22/h5-16,24,28H,4H2,1-3H3. The number of amides is 1. The van der Waals surface area contributed by atoms with Gasteiger partial charge in [0.25, 0.3) is 5.91 Å². The van der Waals surface area contributed by atoms with Gasteiger partial charge in [-0.2, -0.15) is 0 Å². The van der Waals surface area contributed by atoms with Crippen LogP contribution >= 0.6 is 0 Å². The molecule has 0 saturated carbocycles. The zero-order valence-electron chi connectivity index (χ0n) is 17.0. The van der Waals surface area contributed by atoms with Crippen LogP contribution in [0.25, 0.3) is 5.57 Å². The lowest BCUT2D eigenvalue weighted by Crippen LogP contribution is -2.30. The van der Waals surface area contributed by atoms with Crippen LogP contribution < -0.4 is 4.90 Å². The van der Waals surface area contributed by atoms with Gasteiger partial charge < -0.3 is 5.11 Å². The van der Waals surface area contributed by atoms with Gasteiger partial charge in [-0.1, -0.05) is 78.7 Å². The number of anilines is 1. The Kier molecular flexibility index (Phi) is 4.98. The maximum Gasteiger partial charge on any atom is 0.294 e. The van der Waals surface area contributed by atoms with E-state index < -0.39 is 0 Å². The Morgan fingerprint density at radius 1 is 0.828 bits per heavy atom. The van der Waals surface area contributed by atoms with Crippen molar-refractivity contribution in [2.45, 2.75) is 33.2 Å². The summed E-state index contributed by atoms with van der Waals surface area (Å²) in [5.74, 6) is -0.548. The lowest BCUT2D eigenvalue weighted by Gasteiger charge is -2.28. The summed E-state index contributed by atoms with van der Waals surface area (Å²) in [6.45, 7) is 6.16. The third-order valence-electron chi connectivity index (χ3n) is 5.59. The third-order valence-corrected chi connectivity index (χ3v) is 5.59. The zero-order chi connectivity index (χ0) is 20.5. The van der Waals surface area contributed by atoms with E-state index in [1.807, 2.05) is 62.4 Å². The Morgan fingerprint density at radius 2 is 1.38 bits per heavy atom. The van der Waals surface area contributed by atoms with Gasteiger partial charge in [-0.25, -0.2) is 0 Å². The van der Waals surface area contributed by atoms with Crippen LogP contribution in [0.2, 0.25) is 0 Å². The van der Waals surface area contributed by atoms with Crippen molar-refractivity contribution in [1.29, 1.82) is 0 Å². The molecule has 0 spiro atoms. The molecule has 3 nitrogen and oxygen atoms in total. The molecule has 1 heterocycles. The van der Waals surface area contributed by atoms with Crippen molar-refractivity contribution in [2.75, 3.05) is 4.90 Å². The van der Waals surface area contributed by atoms with Crippen LogP contribution in [-0.4, -0.2) is 11.0 Å². The van der Waals surface area contributed by atoms with Gasteiger partial charge >= 0.3 is 0 Å². The van der Waals surface area contributed by atoms with Gasteiger partial charge in [0.1, 0.15) is 0 Å². The fraction of sp³-hybridized carbons (Fsp3) is 0.192. The van der Waals surface area contributed by atoms with Gasteiger partial charge in [0.05, 0.1) is 6.04 Å². The molecular formula is C26H25NO2. The highest BCUT2D eigenvalue weighted by molar-refractivity contribution is 6.16. The quantitative estimate of drug-likeness (QED) is 0.607. The summed E-state index contributed by atoms with van der Waals surface area (Å²) in [4.78, 5) is 14.9. The highest BCUT2D eigenvalue weighted by atomic mass is 16.3. The molecule has 1 N–H and O–H groups in total. The van der Waals surface area contributed by atoms with Crippen molar-refractivity contribution >= 4 is 17.2 Å². The second-order valence-corrected chi connectivity index (χ2v) is 7.64. The summed E-state index contributed by atoms with van der Waals surface area (Å²) in [5.41, 5.74) is 6.78. The van der Waals surface area contributed by atoms with Crippen molar-refractivity contribution in [1.82, 2.24) is 0 Å². The molecule has 0 radical (unpaired) electrons. The molecule has 3 aromatic carbocycles. The predicted octanol–water partition coefficient (Wildman–Crippen LogP) is 5.92. The number of benzene rings is 3. The van der Waals surface area contributed by atoms with E-state index in [9.17, 15) is 9.90 Å². The van der Waals surface area contributed by atoms with Gasteiger partial charge in [-0.15, -0.1) is 0 Å². The average Bonchev–Trinajstić information content (AvgIpc) is 3.00. The number of carbonyl (C=O) groups is 1. The molecule has 1 aliphatic rings. The molecule has 3 aromatic rings. The van der Waals surface area contributed by atoms with E-state index in [0.29, 0.717) is 5.57 Å². The Balaban J connectivity index is 1.88. The van der Waals surface area contributed by atoms with Gasteiger partial charge in [-0.05, 0) is 49.1 Å². The zero-order valence-corrected chi connectivity index (χ0v) is 17.0. The Labute approximate surface area is 171 Å². The summed E-state index contributed by atoms with van der Waals surface area (Å²) in [6, 6.07) is 23.7. The number of aliphatic hydroxyl groups excluding tert-OH is 1. The van der Waals surface area contributed by atoms with Gasteiger partial charge in [0, 0.05) is 11.3 Å². The first kappa shape index (κ1) is 19.0. The first-order valence-electron chi connectivity index (χ1n) is 9.99. The molecule has 1 atom stereocenters. The molecule has 0 saturated heterocycles. The Bertz CT molecular complexity index is 1060. The molecule has 3 heteroatoms. The minimum Gasteiger partial charge on any atom is -0.503 e. The molecule has 1 amide bonds. The second-order valence-electron chi connectivity index (χ2n) is 7.64. The number of carbonyl (C=O) groups excluding carboxylic acids is 1. The van der Waals surface area contributed by atoms with Crippen LogP contribution in [-0.2, 0) is 11.2 Å². The van der Waals surface area contributed by atoms with Gasteiger partial charge in [0.2, 0.25) is 0 Å². The molecule has 146 valence electrons. The van der Waals surface area contributed by atoms with Crippen LogP contribution in [0.4, 0.5) is 5.69 Å². The summed E-state index contributed by atoms with van der Waals surface area (Å²) in [6.07, 6.45) is 0.956. The van der Waals surface area contributed by atoms with Crippen molar-refractivity contribution in [3.8, 4) is 0 Å². The Morgan fingerprint density at radius 3 is 1.93 bits per heavy atom. The van der Waals surface area contributed by atoms with Crippen molar-refractivity contribution < 1.29 is 9.90 Å². The second kappa shape index (κ2) is 7.59. The summed E-state index contributed by atoms with van der Waals surface area (Å²) < 4.78 is 0. The number of aryl methyl sites for hydroxylation is 3. The minimum atomic E-state index is -0.376. The van der Waals surface area contributed by atoms with E-state index in [2.05, 4.69) is 31.2 Å². The fourth-order valence-electron chi connectivity index (χ4n) is 3.86. The summed E-state index contributed by atoms with van der Waals surface area (Å²) in [7, 11) is 0. The SMILES string of the molecule is CCc1ccc(C2C(c3ccc(C)cc3)=C(O)C(=O)N2c2ccc(C)cc2)cc1. The maximum absolute atomic E-state index is 13.2. The van der Waals surface area contributed by atoms with E-state index in [1.54, 1.807) is 4.90 Å². The molecule has 29 heavy (non-hydrogen) atoms. The van der Waals surface area contributed by atoms with Crippen LogP contribution in [0.5, 0.6) is 0 Å². The van der Waals surface area contributed by atoms with Crippen LogP contribution in [0.1, 0.15) is 40.8 Å². The maximum atomic E-state index is 13.2. The largest absolute Gasteiger partial charge is 0.503 e. The molecule has 1 aliphatic heterocycles. The topological polar surface area (TPSA) is 40.5 Å². The fourth-order valence-corrected chi connectivity index (χ4v) is 3.86. The number of hydrogen-bond acceptors (Lipinski definition) is 2. The first-order valence-corrected chi connectivity index (χ1v) is 9.99. The van der Waals surface area contributed by atoms with Crippen LogP contribution in [0.15, 0.2) is 78.6 Å². The van der Waals surface area contributed by atoms with E-state index in [4.69, 9.17) is 0 Å². The van der Waals surface area contributed by atoms with Crippen molar-refractivity contribution in [3.63, 3.8) is 0 Å². The van der Waals surface area contributed by atoms with Crippen LogP contribution in [0.3, 0.4) is 0 Å². The number of hydrogen-bond donors (Lipinski definition) is 1. The molecule has 0 bridgehead atoms. The number of aliphatic hydroxyl groups is 1. The number of rotatable bonds is 4. The highest BCUT2D eigenvalue weighted by Crippen LogP contribution is 2.45. The van der Waals surface area contributed by atoms with Gasteiger partial charge in [-0.3, -0.25) is 9.69 Å². The molecule has 4 rings (SSSR count). The normalized spacial score (nSPS) is 16.6. The van der Waals surface area contributed by atoms with E-state index >= 15 is 0 Å².